The molecule has 0 unspecified atom stereocenters. The lowest BCUT2D eigenvalue weighted by atomic mass is 10.0. The quantitative estimate of drug-likeness (QED) is 0.547. The van der Waals surface area contributed by atoms with Gasteiger partial charge in [0.2, 0.25) is 0 Å². The molecule has 25 heavy (non-hydrogen) atoms. The molecule has 0 aliphatic heterocycles. The predicted molar refractivity (Wildman–Crippen MR) is 94.3 cm³/mol. The van der Waals surface area contributed by atoms with Crippen LogP contribution in [0.15, 0.2) is 60.7 Å². The number of phenols is 1. The topological polar surface area (TPSA) is 113 Å². The van der Waals surface area contributed by atoms with E-state index in [9.17, 15) is 19.8 Å². The highest BCUT2D eigenvalue weighted by molar-refractivity contribution is 6.05. The first-order chi connectivity index (χ1) is 12.0. The maximum atomic E-state index is 12.6. The van der Waals surface area contributed by atoms with E-state index >= 15 is 0 Å². The molecule has 0 aliphatic carbocycles. The summed E-state index contributed by atoms with van der Waals surface area (Å²) in [7, 11) is 0. The zero-order chi connectivity index (χ0) is 18.0. The van der Waals surface area contributed by atoms with Gasteiger partial charge in [-0.25, -0.2) is 4.79 Å². The van der Waals surface area contributed by atoms with Crippen molar-refractivity contribution in [3.05, 3.63) is 71.8 Å². The molecule has 0 bridgehead atoms. The minimum absolute atomic E-state index is 0.0120. The van der Waals surface area contributed by atoms with Crippen LogP contribution in [0.25, 0.3) is 10.8 Å². The molecule has 5 N–H and O–H groups in total. The number of carboxylic acid groups (broad SMARTS) is 1. The number of hydrogen-bond acceptors (Lipinski definition) is 4. The summed E-state index contributed by atoms with van der Waals surface area (Å²) >= 11 is 0. The van der Waals surface area contributed by atoms with Gasteiger partial charge in [-0.3, -0.25) is 4.79 Å². The normalized spacial score (nSPS) is 11.8. The Morgan fingerprint density at radius 3 is 2.16 bits per heavy atom. The number of nitrogens with two attached hydrogens (primary N) is 1. The second-order valence-electron chi connectivity index (χ2n) is 5.62. The number of hydrogen-bond donors (Lipinski definition) is 4. The fourth-order valence-electron chi connectivity index (χ4n) is 2.62. The van der Waals surface area contributed by atoms with Crippen molar-refractivity contribution in [3.8, 4) is 5.75 Å². The molecular formula is C19H16N2O4. The number of fused-ring (bicyclic) bond motifs is 1. The number of anilines is 1. The lowest BCUT2D eigenvalue weighted by Crippen LogP contribution is -2.34. The van der Waals surface area contributed by atoms with Crippen molar-refractivity contribution in [2.75, 3.05) is 5.73 Å². The van der Waals surface area contributed by atoms with Crippen molar-refractivity contribution in [1.29, 1.82) is 0 Å². The van der Waals surface area contributed by atoms with Crippen LogP contribution in [0.2, 0.25) is 0 Å². The number of carbonyl (C=O) groups is 2. The van der Waals surface area contributed by atoms with Gasteiger partial charge in [0.1, 0.15) is 5.75 Å². The van der Waals surface area contributed by atoms with E-state index in [1.165, 1.54) is 24.3 Å². The molecule has 6 heteroatoms. The summed E-state index contributed by atoms with van der Waals surface area (Å²) in [5, 5.41) is 22.9. The minimum Gasteiger partial charge on any atom is -0.508 e. The van der Waals surface area contributed by atoms with Gasteiger partial charge in [-0.05, 0) is 40.6 Å². The van der Waals surface area contributed by atoms with E-state index in [1.807, 2.05) is 24.3 Å². The van der Waals surface area contributed by atoms with Crippen molar-refractivity contribution in [2.24, 2.45) is 0 Å². The minimum atomic E-state index is -1.25. The molecule has 0 aliphatic rings. The van der Waals surface area contributed by atoms with Crippen LogP contribution in [-0.2, 0) is 4.79 Å². The summed E-state index contributed by atoms with van der Waals surface area (Å²) in [6.07, 6.45) is 0. The Hall–Kier alpha value is -3.54. The molecule has 0 saturated heterocycles. The molecule has 0 radical (unpaired) electrons. The average molecular weight is 336 g/mol. The fraction of sp³-hybridized carbons (Fsp3) is 0.0526. The second-order valence-corrected chi connectivity index (χ2v) is 5.62. The molecule has 3 aromatic carbocycles. The lowest BCUT2D eigenvalue weighted by Gasteiger charge is -2.16. The third-order valence-corrected chi connectivity index (χ3v) is 3.91. The van der Waals surface area contributed by atoms with Crippen molar-refractivity contribution in [1.82, 2.24) is 5.32 Å². The molecule has 126 valence electrons. The van der Waals surface area contributed by atoms with E-state index in [1.54, 1.807) is 12.1 Å². The Kier molecular flexibility index (Phi) is 4.26. The molecule has 0 aromatic heterocycles. The number of aliphatic carboxylic acids is 1. The number of phenolic OH excluding ortho intramolecular Hbond substituents is 1. The highest BCUT2D eigenvalue weighted by Crippen LogP contribution is 2.23. The fourth-order valence-corrected chi connectivity index (χ4v) is 2.62. The van der Waals surface area contributed by atoms with Gasteiger partial charge in [0.15, 0.2) is 6.04 Å². The maximum absolute atomic E-state index is 12.6. The van der Waals surface area contributed by atoms with Gasteiger partial charge in [0, 0.05) is 5.69 Å². The number of benzene rings is 3. The molecular weight excluding hydrogens is 320 g/mol. The first kappa shape index (κ1) is 16.3. The largest absolute Gasteiger partial charge is 0.508 e. The summed E-state index contributed by atoms with van der Waals surface area (Å²) in [5.74, 6) is -1.78. The van der Waals surface area contributed by atoms with E-state index in [0.29, 0.717) is 5.56 Å². The van der Waals surface area contributed by atoms with Crippen molar-refractivity contribution in [3.63, 3.8) is 0 Å². The number of aromatic hydroxyl groups is 1. The third kappa shape index (κ3) is 3.37. The summed E-state index contributed by atoms with van der Waals surface area (Å²) in [4.78, 5) is 24.1. The van der Waals surface area contributed by atoms with Crippen LogP contribution in [0.4, 0.5) is 5.69 Å². The zero-order valence-electron chi connectivity index (χ0n) is 13.1. The van der Waals surface area contributed by atoms with Crippen molar-refractivity contribution >= 4 is 28.3 Å². The Balaban J connectivity index is 1.93. The van der Waals surface area contributed by atoms with E-state index in [0.717, 1.165) is 10.8 Å². The smallest absolute Gasteiger partial charge is 0.330 e. The number of carbonyl (C=O) groups excluding carboxylic acids is 1. The SMILES string of the molecule is Nc1cc2ccccc2cc1C(=O)N[C@H](C(=O)O)c1ccc(O)cc1. The summed E-state index contributed by atoms with van der Waals surface area (Å²) < 4.78 is 0. The lowest BCUT2D eigenvalue weighted by molar-refractivity contribution is -0.139. The first-order valence-corrected chi connectivity index (χ1v) is 7.56. The van der Waals surface area contributed by atoms with Gasteiger partial charge in [0.25, 0.3) is 5.91 Å². The monoisotopic (exact) mass is 336 g/mol. The maximum Gasteiger partial charge on any atom is 0.330 e. The molecule has 0 saturated carbocycles. The molecule has 0 heterocycles. The van der Waals surface area contributed by atoms with E-state index in [-0.39, 0.29) is 17.0 Å². The first-order valence-electron chi connectivity index (χ1n) is 7.56. The van der Waals surface area contributed by atoms with Gasteiger partial charge in [0.05, 0.1) is 5.56 Å². The number of carboxylic acids is 1. The molecule has 3 rings (SSSR count). The second kappa shape index (κ2) is 6.52. The average Bonchev–Trinajstić information content (AvgIpc) is 2.59. The van der Waals surface area contributed by atoms with Crippen LogP contribution in [0.3, 0.4) is 0 Å². The van der Waals surface area contributed by atoms with Gasteiger partial charge < -0.3 is 21.3 Å². The van der Waals surface area contributed by atoms with Gasteiger partial charge in [-0.15, -0.1) is 0 Å². The van der Waals surface area contributed by atoms with Crippen LogP contribution in [0, 0.1) is 0 Å². The van der Waals surface area contributed by atoms with E-state index < -0.39 is 17.9 Å². The van der Waals surface area contributed by atoms with Crippen LogP contribution in [-0.4, -0.2) is 22.1 Å². The standard InChI is InChI=1S/C19H16N2O4/c20-16-10-13-4-2-1-3-12(13)9-15(16)18(23)21-17(19(24)25)11-5-7-14(22)8-6-11/h1-10,17,22H,20H2,(H,21,23)(H,24,25)/t17-/m0/s1. The molecule has 0 spiro atoms. The van der Waals surface area contributed by atoms with Crippen LogP contribution < -0.4 is 11.1 Å². The highest BCUT2D eigenvalue weighted by atomic mass is 16.4. The highest BCUT2D eigenvalue weighted by Gasteiger charge is 2.23. The number of amides is 1. The molecule has 6 nitrogen and oxygen atoms in total. The molecule has 1 amide bonds. The van der Waals surface area contributed by atoms with Crippen LogP contribution in [0.5, 0.6) is 5.75 Å². The molecule has 1 atom stereocenters. The number of rotatable bonds is 4. The zero-order valence-corrected chi connectivity index (χ0v) is 13.1. The van der Waals surface area contributed by atoms with Crippen molar-refractivity contribution in [2.45, 2.75) is 6.04 Å². The van der Waals surface area contributed by atoms with Crippen LogP contribution in [0.1, 0.15) is 22.0 Å². The Morgan fingerprint density at radius 2 is 1.56 bits per heavy atom. The summed E-state index contributed by atoms with van der Waals surface area (Å²) in [5.41, 5.74) is 6.78. The summed E-state index contributed by atoms with van der Waals surface area (Å²) in [6.45, 7) is 0. The molecule has 3 aromatic rings. The molecule has 0 fully saturated rings. The Morgan fingerprint density at radius 1 is 0.960 bits per heavy atom. The van der Waals surface area contributed by atoms with Gasteiger partial charge in [-0.1, -0.05) is 36.4 Å². The third-order valence-electron chi connectivity index (χ3n) is 3.91. The Bertz CT molecular complexity index is 951. The van der Waals surface area contributed by atoms with Crippen molar-refractivity contribution < 1.29 is 19.8 Å². The predicted octanol–water partition coefficient (Wildman–Crippen LogP) is 2.68. The number of nitrogen functional groups attached to an aromatic ring is 1. The Labute approximate surface area is 143 Å². The number of nitrogens with one attached hydrogen (secondary N) is 1. The van der Waals surface area contributed by atoms with Gasteiger partial charge in [-0.2, -0.15) is 0 Å². The van der Waals surface area contributed by atoms with Crippen LogP contribution >= 0.6 is 0 Å². The van der Waals surface area contributed by atoms with Gasteiger partial charge >= 0.3 is 5.97 Å². The summed E-state index contributed by atoms with van der Waals surface area (Å²) in [6, 6.07) is 15.1. The van der Waals surface area contributed by atoms with E-state index in [4.69, 9.17) is 5.73 Å². The van der Waals surface area contributed by atoms with E-state index in [2.05, 4.69) is 5.32 Å².